The highest BCUT2D eigenvalue weighted by atomic mass is 127. The van der Waals surface area contributed by atoms with Crippen molar-refractivity contribution in [3.05, 3.63) is 28.4 Å². The van der Waals surface area contributed by atoms with E-state index in [1.54, 1.807) is 10.8 Å². The van der Waals surface area contributed by atoms with Crippen molar-refractivity contribution < 1.29 is 31.1 Å². The lowest BCUT2D eigenvalue weighted by Gasteiger charge is -2.28. The zero-order valence-electron chi connectivity index (χ0n) is 13.7. The van der Waals surface area contributed by atoms with Crippen molar-refractivity contribution in [2.75, 3.05) is 6.54 Å². The summed E-state index contributed by atoms with van der Waals surface area (Å²) in [7, 11) is -5.32. The van der Waals surface area contributed by atoms with Gasteiger partial charge in [-0.25, -0.2) is 17.9 Å². The van der Waals surface area contributed by atoms with Gasteiger partial charge in [-0.1, -0.05) is 0 Å². The van der Waals surface area contributed by atoms with E-state index in [0.717, 1.165) is 10.7 Å². The number of carbonyl (C=O) groups is 1. The largest absolute Gasteiger partial charge is 0.511 e. The van der Waals surface area contributed by atoms with Gasteiger partial charge in [0.05, 0.1) is 5.56 Å². The predicted molar refractivity (Wildman–Crippen MR) is 119 cm³/mol. The minimum absolute atomic E-state index is 0.212. The maximum atomic E-state index is 12.4. The molecule has 152 valence electrons. The molecule has 1 fully saturated rings. The second-order valence-electron chi connectivity index (χ2n) is 6.09. The van der Waals surface area contributed by atoms with E-state index in [1.807, 2.05) is 6.07 Å². The molecule has 1 aromatic carbocycles. The van der Waals surface area contributed by atoms with Crippen LogP contribution in [0.15, 0.2) is 12.1 Å². The van der Waals surface area contributed by atoms with Crippen molar-refractivity contribution in [3.63, 3.8) is 0 Å². The molecule has 0 saturated heterocycles. The zero-order valence-corrected chi connectivity index (χ0v) is 20.9. The van der Waals surface area contributed by atoms with Crippen LogP contribution < -0.4 is 4.72 Å². The van der Waals surface area contributed by atoms with Crippen LogP contribution in [0.4, 0.5) is 13.2 Å². The summed E-state index contributed by atoms with van der Waals surface area (Å²) in [6.45, 7) is -0.268. The standard InChI is InChI=1S/C15H15F3I3NO4S/c16-15(17,18)27(24,25)22-7-8-1-3-10(4-2-8)26-14(23)11-5-9(19)6-12(20)13(11)21/h5-6,8,10,22H,1-4,7H2. The van der Waals surface area contributed by atoms with Crippen LogP contribution >= 0.6 is 67.8 Å². The van der Waals surface area contributed by atoms with Gasteiger partial charge in [0.25, 0.3) is 0 Å². The van der Waals surface area contributed by atoms with Gasteiger partial charge < -0.3 is 4.74 Å². The normalized spacial score (nSPS) is 21.1. The summed E-state index contributed by atoms with van der Waals surface area (Å²) < 4.78 is 68.9. The summed E-state index contributed by atoms with van der Waals surface area (Å²) in [6, 6.07) is 3.71. The number of sulfonamides is 1. The predicted octanol–water partition coefficient (Wildman–Crippen LogP) is 4.66. The van der Waals surface area contributed by atoms with E-state index in [1.165, 1.54) is 0 Å². The fourth-order valence-corrected chi connectivity index (χ4v) is 5.68. The van der Waals surface area contributed by atoms with Gasteiger partial charge in [0.2, 0.25) is 0 Å². The molecule has 0 unspecified atom stereocenters. The van der Waals surface area contributed by atoms with E-state index in [-0.39, 0.29) is 18.6 Å². The lowest BCUT2D eigenvalue weighted by atomic mass is 9.87. The smallest absolute Gasteiger partial charge is 0.459 e. The molecule has 0 atom stereocenters. The molecule has 1 aliphatic carbocycles. The van der Waals surface area contributed by atoms with Gasteiger partial charge in [-0.05, 0) is 112 Å². The quantitative estimate of drug-likeness (QED) is 0.271. The van der Waals surface area contributed by atoms with E-state index in [4.69, 9.17) is 4.74 Å². The highest BCUT2D eigenvalue weighted by Gasteiger charge is 2.45. The van der Waals surface area contributed by atoms with E-state index >= 15 is 0 Å². The molecular formula is C15H15F3I3NO4S. The Morgan fingerprint density at radius 3 is 2.30 bits per heavy atom. The molecule has 0 amide bonds. The number of esters is 1. The summed E-state index contributed by atoms with van der Waals surface area (Å²) in [5, 5.41) is 0. The first-order valence-corrected chi connectivity index (χ1v) is 12.5. The number of carbonyl (C=O) groups excluding carboxylic acids is 1. The van der Waals surface area contributed by atoms with Crippen LogP contribution in [0.1, 0.15) is 36.0 Å². The van der Waals surface area contributed by atoms with Crippen molar-refractivity contribution in [2.24, 2.45) is 5.92 Å². The molecule has 12 heteroatoms. The van der Waals surface area contributed by atoms with Gasteiger partial charge in [0.15, 0.2) is 0 Å². The first-order chi connectivity index (χ1) is 12.4. The molecule has 5 nitrogen and oxygen atoms in total. The molecule has 0 spiro atoms. The number of alkyl halides is 3. The number of benzene rings is 1. The number of ether oxygens (including phenoxy) is 1. The summed E-state index contributed by atoms with van der Waals surface area (Å²) in [5.41, 5.74) is -4.81. The van der Waals surface area contributed by atoms with Crippen molar-refractivity contribution in [1.29, 1.82) is 0 Å². The lowest BCUT2D eigenvalue weighted by Crippen LogP contribution is -2.40. The van der Waals surface area contributed by atoms with Crippen molar-refractivity contribution in [1.82, 2.24) is 4.72 Å². The van der Waals surface area contributed by atoms with Crippen LogP contribution in [0.3, 0.4) is 0 Å². The Kier molecular flexibility index (Phi) is 8.48. The Morgan fingerprint density at radius 1 is 1.15 bits per heavy atom. The van der Waals surface area contributed by atoms with Crippen LogP contribution in [0.2, 0.25) is 0 Å². The molecular weight excluding hydrogens is 728 g/mol. The van der Waals surface area contributed by atoms with Crippen molar-refractivity contribution in [2.45, 2.75) is 37.3 Å². The monoisotopic (exact) mass is 743 g/mol. The van der Waals surface area contributed by atoms with E-state index in [9.17, 15) is 26.4 Å². The average Bonchev–Trinajstić information content (AvgIpc) is 2.56. The molecule has 1 aromatic rings. The Hall–Kier alpha value is 0.580. The van der Waals surface area contributed by atoms with Gasteiger partial charge in [0, 0.05) is 17.3 Å². The van der Waals surface area contributed by atoms with Gasteiger partial charge >= 0.3 is 21.5 Å². The molecule has 0 aliphatic heterocycles. The number of nitrogens with one attached hydrogen (secondary N) is 1. The third kappa shape index (κ3) is 6.53. The number of halogens is 6. The molecule has 1 aliphatic rings. The Balaban J connectivity index is 1.87. The molecule has 0 radical (unpaired) electrons. The van der Waals surface area contributed by atoms with Crippen LogP contribution in [0.5, 0.6) is 0 Å². The molecule has 1 N–H and O–H groups in total. The molecule has 0 heterocycles. The van der Waals surface area contributed by atoms with Crippen LogP contribution in [0.25, 0.3) is 0 Å². The van der Waals surface area contributed by atoms with Crippen LogP contribution in [0, 0.1) is 16.6 Å². The van der Waals surface area contributed by atoms with Crippen LogP contribution in [-0.4, -0.2) is 32.5 Å². The summed E-state index contributed by atoms with van der Waals surface area (Å²) >= 11 is 6.36. The Labute approximate surface area is 196 Å². The van der Waals surface area contributed by atoms with Gasteiger partial charge in [-0.2, -0.15) is 13.2 Å². The molecule has 0 bridgehead atoms. The Morgan fingerprint density at radius 2 is 1.74 bits per heavy atom. The number of hydrogen-bond donors (Lipinski definition) is 1. The molecule has 1 saturated carbocycles. The molecule has 27 heavy (non-hydrogen) atoms. The van der Waals surface area contributed by atoms with Gasteiger partial charge in [-0.3, -0.25) is 0 Å². The lowest BCUT2D eigenvalue weighted by molar-refractivity contribution is -0.0449. The fourth-order valence-electron chi connectivity index (χ4n) is 2.68. The van der Waals surface area contributed by atoms with Gasteiger partial charge in [0.1, 0.15) is 6.10 Å². The maximum absolute atomic E-state index is 12.4. The third-order valence-electron chi connectivity index (χ3n) is 4.15. The number of hydrogen-bond acceptors (Lipinski definition) is 4. The van der Waals surface area contributed by atoms with E-state index in [0.29, 0.717) is 31.2 Å². The minimum Gasteiger partial charge on any atom is -0.459 e. The number of rotatable bonds is 5. The second-order valence-corrected chi connectivity index (χ2v) is 11.3. The minimum atomic E-state index is -5.32. The first-order valence-electron chi connectivity index (χ1n) is 7.82. The summed E-state index contributed by atoms with van der Waals surface area (Å²) in [4.78, 5) is 12.4. The topological polar surface area (TPSA) is 72.5 Å². The van der Waals surface area contributed by atoms with Gasteiger partial charge in [-0.15, -0.1) is 0 Å². The molecule has 2 rings (SSSR count). The fraction of sp³-hybridized carbons (Fsp3) is 0.533. The van der Waals surface area contributed by atoms with E-state index < -0.39 is 21.5 Å². The van der Waals surface area contributed by atoms with Crippen molar-refractivity contribution in [3.8, 4) is 0 Å². The average molecular weight is 743 g/mol. The SMILES string of the molecule is O=C(OC1CCC(CNS(=O)(=O)C(F)(F)F)CC1)c1cc(I)cc(I)c1I. The summed E-state index contributed by atoms with van der Waals surface area (Å²) in [6.07, 6.45) is 1.63. The first kappa shape index (κ1) is 23.9. The summed E-state index contributed by atoms with van der Waals surface area (Å²) in [5.74, 6) is -0.632. The highest BCUT2D eigenvalue weighted by Crippen LogP contribution is 2.29. The van der Waals surface area contributed by atoms with Crippen LogP contribution in [-0.2, 0) is 14.8 Å². The maximum Gasteiger partial charge on any atom is 0.511 e. The van der Waals surface area contributed by atoms with E-state index in [2.05, 4.69) is 67.8 Å². The highest BCUT2D eigenvalue weighted by molar-refractivity contribution is 14.1. The Bertz CT molecular complexity index is 809. The third-order valence-corrected chi connectivity index (χ3v) is 8.97. The van der Waals surface area contributed by atoms with Crippen molar-refractivity contribution >= 4 is 83.8 Å². The zero-order chi connectivity index (χ0) is 20.4. The molecule has 0 aromatic heterocycles. The second kappa shape index (κ2) is 9.59.